The number of rotatable bonds is 5. The molecule has 2 N–H and O–H groups in total. The van der Waals surface area contributed by atoms with Gasteiger partial charge in [0.1, 0.15) is 12.1 Å². The van der Waals surface area contributed by atoms with Crippen molar-refractivity contribution >= 4 is 5.82 Å². The molecule has 0 amide bonds. The Labute approximate surface area is 88.7 Å². The van der Waals surface area contributed by atoms with Gasteiger partial charge in [-0.2, -0.15) is 0 Å². The van der Waals surface area contributed by atoms with Crippen LogP contribution in [0.1, 0.15) is 13.3 Å². The molecule has 5 heteroatoms. The Kier molecular flexibility index (Phi) is 3.76. The maximum Gasteiger partial charge on any atom is 0.247 e. The topological polar surface area (TPSA) is 69.5 Å². The zero-order valence-electron chi connectivity index (χ0n) is 8.67. The molecule has 1 aromatic rings. The van der Waals surface area contributed by atoms with Crippen LogP contribution in [-0.4, -0.2) is 32.6 Å². The maximum atomic E-state index is 9.74. The summed E-state index contributed by atoms with van der Waals surface area (Å²) in [5.41, 5.74) is 0. The number of aliphatic hydroxyl groups is 2. The van der Waals surface area contributed by atoms with Gasteiger partial charge in [0.2, 0.25) is 5.91 Å². The van der Waals surface area contributed by atoms with Crippen molar-refractivity contribution in [2.24, 2.45) is 0 Å². The molecule has 0 bridgehead atoms. The van der Waals surface area contributed by atoms with Crippen molar-refractivity contribution in [3.8, 4) is 0 Å². The summed E-state index contributed by atoms with van der Waals surface area (Å²) in [6, 6.07) is 1.61. The van der Waals surface area contributed by atoms with Gasteiger partial charge >= 0.3 is 0 Å². The molecular weight excluding hydrogens is 194 g/mol. The number of nitrogens with zero attached hydrogens (tertiary/aromatic N) is 3. The third-order valence-corrected chi connectivity index (χ3v) is 2.06. The van der Waals surface area contributed by atoms with Crippen molar-refractivity contribution in [1.82, 2.24) is 9.97 Å². The summed E-state index contributed by atoms with van der Waals surface area (Å²) in [5, 5.41) is 19.5. The third-order valence-electron chi connectivity index (χ3n) is 2.06. The van der Waals surface area contributed by atoms with E-state index in [1.807, 2.05) is 0 Å². The van der Waals surface area contributed by atoms with Gasteiger partial charge in [0.25, 0.3) is 0 Å². The second-order valence-electron chi connectivity index (χ2n) is 3.09. The minimum Gasteiger partial charge on any atom is -0.349 e. The minimum absolute atomic E-state index is 0.171. The zero-order chi connectivity index (χ0) is 11.3. The van der Waals surface area contributed by atoms with Crippen molar-refractivity contribution in [3.05, 3.63) is 31.2 Å². The fourth-order valence-corrected chi connectivity index (χ4v) is 1.19. The van der Waals surface area contributed by atoms with Crippen molar-refractivity contribution in [2.75, 3.05) is 11.4 Å². The van der Waals surface area contributed by atoms with E-state index in [9.17, 15) is 10.2 Å². The van der Waals surface area contributed by atoms with Gasteiger partial charge in [-0.25, -0.2) is 9.97 Å². The Bertz CT molecular complexity index is 314. The standard InChI is InChI=1S/C10H15N3O2/c1-3-7-13(10(14,15)4-2)9-5-6-11-8-12-9/h3,5-6,8,14-15H,1,4,7H2,2H3. The minimum atomic E-state index is -1.91. The van der Waals surface area contributed by atoms with Crippen molar-refractivity contribution in [2.45, 2.75) is 19.3 Å². The molecule has 0 aliphatic heterocycles. The Morgan fingerprint density at radius 1 is 1.60 bits per heavy atom. The second kappa shape index (κ2) is 4.86. The van der Waals surface area contributed by atoms with Crippen LogP contribution >= 0.6 is 0 Å². The fourth-order valence-electron chi connectivity index (χ4n) is 1.19. The monoisotopic (exact) mass is 209 g/mol. The quantitative estimate of drug-likeness (QED) is 0.546. The summed E-state index contributed by atoms with van der Waals surface area (Å²) in [5.74, 6) is -1.46. The van der Waals surface area contributed by atoms with Crippen molar-refractivity contribution in [3.63, 3.8) is 0 Å². The molecule has 1 heterocycles. The Morgan fingerprint density at radius 3 is 2.80 bits per heavy atom. The van der Waals surface area contributed by atoms with E-state index in [4.69, 9.17) is 0 Å². The van der Waals surface area contributed by atoms with E-state index in [2.05, 4.69) is 16.5 Å². The van der Waals surface area contributed by atoms with Gasteiger partial charge in [-0.1, -0.05) is 13.0 Å². The predicted molar refractivity (Wildman–Crippen MR) is 57.0 cm³/mol. The van der Waals surface area contributed by atoms with Gasteiger partial charge in [-0.3, -0.25) is 0 Å². The first-order valence-corrected chi connectivity index (χ1v) is 4.71. The molecule has 5 nitrogen and oxygen atoms in total. The molecule has 0 aromatic carbocycles. The lowest BCUT2D eigenvalue weighted by atomic mass is 10.3. The fraction of sp³-hybridized carbons (Fsp3) is 0.400. The lowest BCUT2D eigenvalue weighted by Crippen LogP contribution is -2.49. The van der Waals surface area contributed by atoms with E-state index in [1.54, 1.807) is 25.3 Å². The predicted octanol–water partition coefficient (Wildman–Crippen LogP) is 0.517. The molecule has 1 aromatic heterocycles. The first-order valence-electron chi connectivity index (χ1n) is 4.71. The molecule has 0 aliphatic rings. The summed E-state index contributed by atoms with van der Waals surface area (Å²) in [7, 11) is 0. The van der Waals surface area contributed by atoms with Crippen molar-refractivity contribution in [1.29, 1.82) is 0 Å². The Hall–Kier alpha value is -1.46. The van der Waals surface area contributed by atoms with Gasteiger partial charge in [-0.05, 0) is 6.07 Å². The summed E-state index contributed by atoms with van der Waals surface area (Å²) < 4.78 is 0. The highest BCUT2D eigenvalue weighted by Gasteiger charge is 2.29. The first kappa shape index (κ1) is 11.6. The van der Waals surface area contributed by atoms with Crippen molar-refractivity contribution < 1.29 is 10.2 Å². The molecule has 0 radical (unpaired) electrons. The highest BCUT2D eigenvalue weighted by atomic mass is 16.5. The number of hydrogen-bond donors (Lipinski definition) is 2. The summed E-state index contributed by atoms with van der Waals surface area (Å²) >= 11 is 0. The van der Waals surface area contributed by atoms with Crippen LogP contribution in [0.15, 0.2) is 31.2 Å². The van der Waals surface area contributed by atoms with Gasteiger partial charge in [0.15, 0.2) is 0 Å². The van der Waals surface area contributed by atoms with Crippen LogP contribution in [0.3, 0.4) is 0 Å². The van der Waals surface area contributed by atoms with Crippen LogP contribution in [0.25, 0.3) is 0 Å². The molecule has 0 spiro atoms. The lowest BCUT2D eigenvalue weighted by Gasteiger charge is -2.34. The summed E-state index contributed by atoms with van der Waals surface area (Å²) in [4.78, 5) is 9.08. The van der Waals surface area contributed by atoms with Gasteiger partial charge < -0.3 is 15.1 Å². The average molecular weight is 209 g/mol. The second-order valence-corrected chi connectivity index (χ2v) is 3.09. The summed E-state index contributed by atoms with van der Waals surface area (Å²) in [6.45, 7) is 5.55. The van der Waals surface area contributed by atoms with E-state index in [0.717, 1.165) is 0 Å². The van der Waals surface area contributed by atoms with Crippen LogP contribution in [0.5, 0.6) is 0 Å². The third kappa shape index (κ3) is 2.74. The largest absolute Gasteiger partial charge is 0.349 e. The number of aromatic nitrogens is 2. The lowest BCUT2D eigenvalue weighted by molar-refractivity contribution is -0.161. The van der Waals surface area contributed by atoms with E-state index >= 15 is 0 Å². The van der Waals surface area contributed by atoms with Gasteiger partial charge in [0, 0.05) is 19.2 Å². The molecule has 0 saturated carbocycles. The molecular formula is C10H15N3O2. The van der Waals surface area contributed by atoms with Crippen LogP contribution in [0, 0.1) is 0 Å². The van der Waals surface area contributed by atoms with E-state index in [-0.39, 0.29) is 6.42 Å². The Morgan fingerprint density at radius 2 is 2.33 bits per heavy atom. The molecule has 15 heavy (non-hydrogen) atoms. The smallest absolute Gasteiger partial charge is 0.247 e. The molecule has 0 aliphatic carbocycles. The van der Waals surface area contributed by atoms with E-state index in [0.29, 0.717) is 12.4 Å². The highest BCUT2D eigenvalue weighted by Crippen LogP contribution is 2.19. The number of hydrogen-bond acceptors (Lipinski definition) is 5. The molecule has 0 fully saturated rings. The number of anilines is 1. The van der Waals surface area contributed by atoms with Crippen LogP contribution < -0.4 is 4.90 Å². The van der Waals surface area contributed by atoms with E-state index < -0.39 is 5.91 Å². The van der Waals surface area contributed by atoms with Crippen LogP contribution in [0.2, 0.25) is 0 Å². The van der Waals surface area contributed by atoms with Crippen LogP contribution in [-0.2, 0) is 0 Å². The van der Waals surface area contributed by atoms with Gasteiger partial charge in [0.05, 0.1) is 0 Å². The van der Waals surface area contributed by atoms with Crippen LogP contribution in [0.4, 0.5) is 5.82 Å². The summed E-state index contributed by atoms with van der Waals surface area (Å²) in [6.07, 6.45) is 4.66. The normalized spacial score (nSPS) is 11.1. The first-order chi connectivity index (χ1) is 7.11. The average Bonchev–Trinajstić information content (AvgIpc) is 2.27. The van der Waals surface area contributed by atoms with Gasteiger partial charge in [-0.15, -0.1) is 6.58 Å². The SMILES string of the molecule is C=CCN(c1ccncn1)C(O)(O)CC. The highest BCUT2D eigenvalue weighted by molar-refractivity contribution is 5.39. The maximum absolute atomic E-state index is 9.74. The molecule has 1 rings (SSSR count). The Balaban J connectivity index is 2.98. The zero-order valence-corrected chi connectivity index (χ0v) is 8.67. The molecule has 0 atom stereocenters. The van der Waals surface area contributed by atoms with E-state index in [1.165, 1.54) is 11.2 Å². The molecule has 82 valence electrons. The molecule has 0 unspecified atom stereocenters. The molecule has 0 saturated heterocycles.